The molecule has 0 unspecified atom stereocenters. The molecule has 3 aliphatic heterocycles. The highest BCUT2D eigenvalue weighted by atomic mass is 16.5. The number of hydrogen-bond donors (Lipinski definition) is 3. The first-order valence-corrected chi connectivity index (χ1v) is 15.4. The van der Waals surface area contributed by atoms with Crippen molar-refractivity contribution in [3.63, 3.8) is 0 Å². The molecule has 0 spiro atoms. The molecule has 1 aromatic carbocycles. The second-order valence-electron chi connectivity index (χ2n) is 11.9. The predicted octanol–water partition coefficient (Wildman–Crippen LogP) is 3.40. The maximum atomic E-state index is 12.6. The van der Waals surface area contributed by atoms with Crippen LogP contribution in [-0.4, -0.2) is 102 Å². The second kappa shape index (κ2) is 12.9. The summed E-state index contributed by atoms with van der Waals surface area (Å²) in [5.74, 6) is 0.636. The molecular formula is C31H43N9O3. The van der Waals surface area contributed by atoms with Crippen molar-refractivity contribution in [3.05, 3.63) is 41.6 Å². The molecule has 5 heterocycles. The molecule has 0 saturated carbocycles. The topological polar surface area (TPSA) is 138 Å². The van der Waals surface area contributed by atoms with E-state index in [2.05, 4.69) is 61.4 Å². The van der Waals surface area contributed by atoms with Crippen molar-refractivity contribution in [2.45, 2.75) is 51.6 Å². The number of piperidine rings is 1. The zero-order chi connectivity index (χ0) is 29.9. The van der Waals surface area contributed by atoms with E-state index >= 15 is 0 Å². The van der Waals surface area contributed by atoms with Crippen molar-refractivity contribution < 1.29 is 13.9 Å². The van der Waals surface area contributed by atoms with Gasteiger partial charge >= 0.3 is 0 Å². The maximum absolute atomic E-state index is 12.6. The van der Waals surface area contributed by atoms with Gasteiger partial charge in [0.05, 0.1) is 0 Å². The first-order valence-electron chi connectivity index (χ1n) is 15.4. The molecule has 230 valence electrons. The van der Waals surface area contributed by atoms with Gasteiger partial charge in [0.1, 0.15) is 17.7 Å². The molecule has 0 radical (unpaired) electrons. The third-order valence-corrected chi connectivity index (χ3v) is 8.87. The number of aromatic nitrogens is 3. The summed E-state index contributed by atoms with van der Waals surface area (Å²) >= 11 is 0. The molecule has 6 rings (SSSR count). The van der Waals surface area contributed by atoms with Gasteiger partial charge < -0.3 is 35.3 Å². The van der Waals surface area contributed by atoms with Crippen LogP contribution in [-0.2, 0) is 4.74 Å². The van der Waals surface area contributed by atoms with Crippen LogP contribution < -0.4 is 21.3 Å². The van der Waals surface area contributed by atoms with Gasteiger partial charge in [0.15, 0.2) is 23.2 Å². The Labute approximate surface area is 253 Å². The molecule has 3 saturated heterocycles. The molecular weight excluding hydrogens is 546 g/mol. The number of piperazine rings is 1. The lowest BCUT2D eigenvalue weighted by atomic mass is 10.0. The minimum absolute atomic E-state index is 0.0425. The number of rotatable bonds is 8. The summed E-state index contributed by atoms with van der Waals surface area (Å²) in [7, 11) is 2.21. The van der Waals surface area contributed by atoms with E-state index in [1.165, 1.54) is 37.9 Å². The van der Waals surface area contributed by atoms with Gasteiger partial charge in [-0.15, -0.1) is 0 Å². The summed E-state index contributed by atoms with van der Waals surface area (Å²) in [6.07, 6.45) is 5.56. The normalized spacial score (nSPS) is 19.5. The number of nitrogens with two attached hydrogens (primary N) is 1. The molecule has 12 heteroatoms. The summed E-state index contributed by atoms with van der Waals surface area (Å²) in [5.41, 5.74) is 9.97. The van der Waals surface area contributed by atoms with Gasteiger partial charge in [-0.25, -0.2) is 15.0 Å². The summed E-state index contributed by atoms with van der Waals surface area (Å²) in [6, 6.07) is 7.10. The highest BCUT2D eigenvalue weighted by molar-refractivity contribution is 5.97. The number of nitrogens with one attached hydrogen (secondary N) is 2. The number of ether oxygens (including phenoxy) is 1. The van der Waals surface area contributed by atoms with Crippen LogP contribution in [0.3, 0.4) is 0 Å². The van der Waals surface area contributed by atoms with Crippen molar-refractivity contribution in [3.8, 4) is 11.4 Å². The number of oxazole rings is 1. The van der Waals surface area contributed by atoms with Crippen LogP contribution in [0.15, 0.2) is 28.9 Å². The number of aryl methyl sites for hydroxylation is 2. The highest BCUT2D eigenvalue weighted by Crippen LogP contribution is 2.32. The molecule has 3 fully saturated rings. The van der Waals surface area contributed by atoms with Crippen LogP contribution in [0.1, 0.15) is 47.6 Å². The Morgan fingerprint density at radius 3 is 2.35 bits per heavy atom. The van der Waals surface area contributed by atoms with E-state index in [9.17, 15) is 4.79 Å². The largest absolute Gasteiger partial charge is 0.449 e. The first-order chi connectivity index (χ1) is 20.8. The molecule has 1 amide bonds. The van der Waals surface area contributed by atoms with Crippen molar-refractivity contribution in [2.24, 2.45) is 5.73 Å². The van der Waals surface area contributed by atoms with Crippen LogP contribution in [0.2, 0.25) is 0 Å². The Bertz CT molecular complexity index is 1420. The lowest BCUT2D eigenvalue weighted by molar-refractivity contribution is 0.0904. The van der Waals surface area contributed by atoms with Gasteiger partial charge in [-0.1, -0.05) is 0 Å². The Kier molecular flexibility index (Phi) is 8.78. The van der Waals surface area contributed by atoms with E-state index in [4.69, 9.17) is 19.9 Å². The number of amides is 1. The van der Waals surface area contributed by atoms with E-state index < -0.39 is 5.91 Å². The lowest BCUT2D eigenvalue weighted by Crippen LogP contribution is -2.52. The van der Waals surface area contributed by atoms with Crippen molar-refractivity contribution in [1.29, 1.82) is 0 Å². The van der Waals surface area contributed by atoms with E-state index in [1.54, 1.807) is 6.92 Å². The van der Waals surface area contributed by atoms with Crippen LogP contribution in [0.4, 0.5) is 23.0 Å². The minimum atomic E-state index is -0.675. The Balaban J connectivity index is 1.21. The summed E-state index contributed by atoms with van der Waals surface area (Å²) in [5, 5.41) is 6.83. The van der Waals surface area contributed by atoms with Crippen molar-refractivity contribution >= 4 is 28.9 Å². The molecule has 3 aliphatic rings. The van der Waals surface area contributed by atoms with Gasteiger partial charge in [0.25, 0.3) is 5.91 Å². The molecule has 12 nitrogen and oxygen atoms in total. The Morgan fingerprint density at radius 1 is 0.953 bits per heavy atom. The van der Waals surface area contributed by atoms with Crippen molar-refractivity contribution in [2.75, 3.05) is 75.1 Å². The van der Waals surface area contributed by atoms with Gasteiger partial charge in [0.2, 0.25) is 0 Å². The van der Waals surface area contributed by atoms with E-state index in [0.717, 1.165) is 50.3 Å². The number of nitrogens with zero attached hydrogens (tertiary/aromatic N) is 6. The standard InChI is InChI=1S/C31H43N9O3/c1-20-18-23(4-5-26(20)40-10-6-24(7-11-40)39-14-12-38(3)13-15-39)35-31-28(29(32)41)36-27(25-19-43-21(2)33-25)30(37-31)34-22-8-16-42-17-9-22/h4-5,18-19,22,24H,6-17H2,1-3H3,(H2,32,41)(H2,34,35,37). The molecule has 0 atom stereocenters. The fraction of sp³-hybridized carbons (Fsp3) is 0.548. The molecule has 43 heavy (non-hydrogen) atoms. The molecule has 4 N–H and O–H groups in total. The zero-order valence-corrected chi connectivity index (χ0v) is 25.4. The minimum Gasteiger partial charge on any atom is -0.449 e. The summed E-state index contributed by atoms with van der Waals surface area (Å²) in [6.45, 7) is 12.0. The van der Waals surface area contributed by atoms with Gasteiger partial charge in [0, 0.05) is 82.9 Å². The first kappa shape index (κ1) is 29.3. The van der Waals surface area contributed by atoms with Gasteiger partial charge in [-0.2, -0.15) is 0 Å². The van der Waals surface area contributed by atoms with Crippen LogP contribution in [0.5, 0.6) is 0 Å². The molecule has 3 aromatic rings. The quantitative estimate of drug-likeness (QED) is 0.356. The fourth-order valence-corrected chi connectivity index (χ4v) is 6.36. The monoisotopic (exact) mass is 589 g/mol. The number of carbonyl (C=O) groups excluding carboxylic acids is 1. The molecule has 2 aromatic heterocycles. The number of hydrogen-bond acceptors (Lipinski definition) is 11. The Hall–Kier alpha value is -3.74. The third-order valence-electron chi connectivity index (χ3n) is 8.87. The summed E-state index contributed by atoms with van der Waals surface area (Å²) in [4.78, 5) is 34.1. The lowest BCUT2D eigenvalue weighted by Gasteiger charge is -2.43. The average Bonchev–Trinajstić information content (AvgIpc) is 3.44. The Morgan fingerprint density at radius 2 is 1.70 bits per heavy atom. The number of likely N-dealkylation sites (N-methyl/N-ethyl adjacent to an activating group) is 1. The number of primary amides is 1. The van der Waals surface area contributed by atoms with Crippen LogP contribution in [0, 0.1) is 13.8 Å². The predicted molar refractivity (Wildman–Crippen MR) is 167 cm³/mol. The van der Waals surface area contributed by atoms with E-state index in [-0.39, 0.29) is 11.7 Å². The molecule has 0 bridgehead atoms. The zero-order valence-electron chi connectivity index (χ0n) is 25.4. The van der Waals surface area contributed by atoms with Gasteiger partial charge in [-0.3, -0.25) is 9.69 Å². The summed E-state index contributed by atoms with van der Waals surface area (Å²) < 4.78 is 11.0. The average molecular weight is 590 g/mol. The number of carbonyl (C=O) groups is 1. The van der Waals surface area contributed by atoms with E-state index in [1.807, 2.05) is 6.07 Å². The fourth-order valence-electron chi connectivity index (χ4n) is 6.36. The van der Waals surface area contributed by atoms with E-state index in [0.29, 0.717) is 48.2 Å². The maximum Gasteiger partial charge on any atom is 0.271 e. The number of anilines is 4. The van der Waals surface area contributed by atoms with Gasteiger partial charge in [-0.05, 0) is 63.4 Å². The highest BCUT2D eigenvalue weighted by Gasteiger charge is 2.28. The van der Waals surface area contributed by atoms with Crippen molar-refractivity contribution in [1.82, 2.24) is 24.8 Å². The van der Waals surface area contributed by atoms with Crippen LogP contribution in [0.25, 0.3) is 11.4 Å². The number of benzene rings is 1. The smallest absolute Gasteiger partial charge is 0.271 e. The third kappa shape index (κ3) is 6.76. The second-order valence-corrected chi connectivity index (χ2v) is 11.9. The molecule has 0 aliphatic carbocycles. The SMILES string of the molecule is Cc1nc(-c2nc(C(N)=O)c(Nc3ccc(N4CCC(N5CCN(C)CC5)CC4)c(C)c3)nc2NC2CCOCC2)co1. The van der Waals surface area contributed by atoms with Crippen LogP contribution >= 0.6 is 0 Å².